The predicted molar refractivity (Wildman–Crippen MR) is 111 cm³/mol. The molecule has 0 amide bonds. The minimum atomic E-state index is -0.349. The van der Waals surface area contributed by atoms with E-state index in [0.29, 0.717) is 19.6 Å². The van der Waals surface area contributed by atoms with Crippen LogP contribution in [0.1, 0.15) is 16.8 Å². The molecule has 0 fully saturated rings. The van der Waals surface area contributed by atoms with Crippen molar-refractivity contribution < 1.29 is 13.9 Å². The van der Waals surface area contributed by atoms with Gasteiger partial charge in [0.25, 0.3) is 0 Å². The van der Waals surface area contributed by atoms with E-state index >= 15 is 0 Å². The standard InChI is InChI=1S/C21H19FN4O2S/c1-27-17-3-2-12(8-15(17)22)4-6-23-20-19-18(24-11-25-20)14-9-13-10-28-7-5-16(13)26-21(14)29-19/h2-3,8-9,11H,4-7,10H2,1H3,(H,23,24,25). The molecule has 0 atom stereocenters. The minimum absolute atomic E-state index is 0.255. The summed E-state index contributed by atoms with van der Waals surface area (Å²) in [5.41, 5.74) is 4.04. The van der Waals surface area contributed by atoms with Crippen LogP contribution in [-0.2, 0) is 24.2 Å². The largest absolute Gasteiger partial charge is 0.494 e. The minimum Gasteiger partial charge on any atom is -0.494 e. The molecular formula is C21H19FN4O2S. The number of thiophene rings is 1. The zero-order valence-corrected chi connectivity index (χ0v) is 16.7. The lowest BCUT2D eigenvalue weighted by molar-refractivity contribution is 0.109. The lowest BCUT2D eigenvalue weighted by Gasteiger charge is -2.14. The average molecular weight is 410 g/mol. The lowest BCUT2D eigenvalue weighted by Crippen LogP contribution is -2.11. The van der Waals surface area contributed by atoms with Gasteiger partial charge in [0.1, 0.15) is 17.0 Å². The van der Waals surface area contributed by atoms with Crippen LogP contribution in [0.25, 0.3) is 20.4 Å². The first-order valence-electron chi connectivity index (χ1n) is 9.43. The molecular weight excluding hydrogens is 391 g/mol. The lowest BCUT2D eigenvalue weighted by atomic mass is 10.1. The van der Waals surface area contributed by atoms with Crippen molar-refractivity contribution in [2.45, 2.75) is 19.4 Å². The molecule has 0 saturated carbocycles. The first-order valence-corrected chi connectivity index (χ1v) is 10.2. The monoisotopic (exact) mass is 410 g/mol. The van der Waals surface area contributed by atoms with Gasteiger partial charge < -0.3 is 14.8 Å². The fraction of sp³-hybridized carbons (Fsp3) is 0.286. The molecule has 0 radical (unpaired) electrons. The van der Waals surface area contributed by atoms with Crippen LogP contribution in [0.3, 0.4) is 0 Å². The van der Waals surface area contributed by atoms with Gasteiger partial charge >= 0.3 is 0 Å². The Morgan fingerprint density at radius 3 is 3.07 bits per heavy atom. The van der Waals surface area contributed by atoms with Crippen molar-refractivity contribution in [3.63, 3.8) is 0 Å². The second kappa shape index (κ2) is 7.53. The topological polar surface area (TPSA) is 69.2 Å². The van der Waals surface area contributed by atoms with Gasteiger partial charge in [-0.05, 0) is 30.2 Å². The number of methoxy groups -OCH3 is 1. The van der Waals surface area contributed by atoms with Gasteiger partial charge in [0.2, 0.25) is 0 Å². The number of benzene rings is 1. The van der Waals surface area contributed by atoms with Crippen LogP contribution in [0.5, 0.6) is 5.75 Å². The van der Waals surface area contributed by atoms with Crippen LogP contribution < -0.4 is 10.1 Å². The van der Waals surface area contributed by atoms with E-state index in [1.807, 2.05) is 6.07 Å². The highest BCUT2D eigenvalue weighted by molar-refractivity contribution is 7.25. The summed E-state index contributed by atoms with van der Waals surface area (Å²) < 4.78 is 25.4. The second-order valence-corrected chi connectivity index (χ2v) is 7.90. The molecule has 3 aromatic heterocycles. The van der Waals surface area contributed by atoms with Gasteiger partial charge in [0.15, 0.2) is 11.6 Å². The maximum absolute atomic E-state index is 13.9. The van der Waals surface area contributed by atoms with Crippen LogP contribution >= 0.6 is 11.3 Å². The molecule has 0 saturated heterocycles. The number of rotatable bonds is 5. The Morgan fingerprint density at radius 1 is 1.28 bits per heavy atom. The van der Waals surface area contributed by atoms with Gasteiger partial charge in [0.05, 0.1) is 30.5 Å². The number of nitrogens with zero attached hydrogens (tertiary/aromatic N) is 3. The number of nitrogens with one attached hydrogen (secondary N) is 1. The van der Waals surface area contributed by atoms with Crippen LogP contribution in [0, 0.1) is 5.82 Å². The Hall–Kier alpha value is -2.84. The highest BCUT2D eigenvalue weighted by Crippen LogP contribution is 2.36. The summed E-state index contributed by atoms with van der Waals surface area (Å²) in [5, 5.41) is 4.41. The summed E-state index contributed by atoms with van der Waals surface area (Å²) in [6.45, 7) is 1.95. The van der Waals surface area contributed by atoms with Gasteiger partial charge in [0, 0.05) is 29.6 Å². The number of hydrogen-bond acceptors (Lipinski definition) is 7. The Balaban J connectivity index is 1.40. The summed E-state index contributed by atoms with van der Waals surface area (Å²) in [6, 6.07) is 7.17. The molecule has 6 nitrogen and oxygen atoms in total. The molecule has 0 bridgehead atoms. The molecule has 0 unspecified atom stereocenters. The number of hydrogen-bond donors (Lipinski definition) is 1. The van der Waals surface area contributed by atoms with Crippen molar-refractivity contribution >= 4 is 37.6 Å². The number of aromatic nitrogens is 3. The Labute approximate surface area is 170 Å². The molecule has 1 N–H and O–H groups in total. The van der Waals surface area contributed by atoms with E-state index in [9.17, 15) is 4.39 Å². The fourth-order valence-corrected chi connectivity index (χ4v) is 4.68. The molecule has 5 rings (SSSR count). The maximum atomic E-state index is 13.9. The first-order chi connectivity index (χ1) is 14.2. The molecule has 0 aliphatic carbocycles. The van der Waals surface area contributed by atoms with E-state index in [2.05, 4.69) is 21.4 Å². The van der Waals surface area contributed by atoms with Crippen LogP contribution in [0.2, 0.25) is 0 Å². The summed E-state index contributed by atoms with van der Waals surface area (Å²) in [5.74, 6) is 0.684. The normalized spacial score (nSPS) is 13.6. The molecule has 4 heterocycles. The van der Waals surface area contributed by atoms with Gasteiger partial charge in [-0.15, -0.1) is 11.3 Å². The van der Waals surface area contributed by atoms with E-state index in [4.69, 9.17) is 14.5 Å². The third-order valence-corrected chi connectivity index (χ3v) is 6.17. The maximum Gasteiger partial charge on any atom is 0.165 e. The van der Waals surface area contributed by atoms with E-state index in [1.165, 1.54) is 13.2 Å². The Bertz CT molecular complexity index is 1210. The number of ether oxygens (including phenoxy) is 2. The number of anilines is 1. The highest BCUT2D eigenvalue weighted by atomic mass is 32.1. The van der Waals surface area contributed by atoms with Crippen molar-refractivity contribution in [3.05, 3.63) is 53.2 Å². The zero-order chi connectivity index (χ0) is 19.8. The molecule has 1 aliphatic heterocycles. The summed E-state index contributed by atoms with van der Waals surface area (Å²) in [4.78, 5) is 14.7. The SMILES string of the molecule is COc1ccc(CCNc2ncnc3c2sc2nc4c(cc23)COCC4)cc1F. The quantitative estimate of drug-likeness (QED) is 0.534. The van der Waals surface area contributed by atoms with Gasteiger partial charge in [-0.1, -0.05) is 6.07 Å². The average Bonchev–Trinajstić information content (AvgIpc) is 3.10. The fourth-order valence-electron chi connectivity index (χ4n) is 3.59. The summed E-state index contributed by atoms with van der Waals surface area (Å²) >= 11 is 1.60. The zero-order valence-electron chi connectivity index (χ0n) is 15.9. The van der Waals surface area contributed by atoms with E-state index in [-0.39, 0.29) is 11.6 Å². The van der Waals surface area contributed by atoms with E-state index in [0.717, 1.165) is 56.1 Å². The van der Waals surface area contributed by atoms with E-state index < -0.39 is 0 Å². The van der Waals surface area contributed by atoms with Gasteiger partial charge in [-0.25, -0.2) is 19.3 Å². The number of halogens is 1. The molecule has 1 aliphatic rings. The molecule has 4 aromatic rings. The van der Waals surface area contributed by atoms with Crippen molar-refractivity contribution in [1.29, 1.82) is 0 Å². The highest BCUT2D eigenvalue weighted by Gasteiger charge is 2.17. The van der Waals surface area contributed by atoms with Crippen LogP contribution in [0.15, 0.2) is 30.6 Å². The molecule has 29 heavy (non-hydrogen) atoms. The van der Waals surface area contributed by atoms with Gasteiger partial charge in [-0.2, -0.15) is 0 Å². The molecule has 148 valence electrons. The van der Waals surface area contributed by atoms with Crippen LogP contribution in [-0.4, -0.2) is 35.2 Å². The Morgan fingerprint density at radius 2 is 2.21 bits per heavy atom. The second-order valence-electron chi connectivity index (χ2n) is 6.90. The van der Waals surface area contributed by atoms with Crippen molar-refractivity contribution in [1.82, 2.24) is 15.0 Å². The van der Waals surface area contributed by atoms with Crippen LogP contribution in [0.4, 0.5) is 10.2 Å². The van der Waals surface area contributed by atoms with Crippen molar-refractivity contribution in [2.75, 3.05) is 25.6 Å². The summed E-state index contributed by atoms with van der Waals surface area (Å²) in [7, 11) is 1.46. The molecule has 1 aromatic carbocycles. The number of fused-ring (bicyclic) bond motifs is 4. The molecule has 0 spiro atoms. The third kappa shape index (κ3) is 3.38. The van der Waals surface area contributed by atoms with Crippen molar-refractivity contribution in [2.24, 2.45) is 0 Å². The Kier molecular flexibility index (Phi) is 4.73. The smallest absolute Gasteiger partial charge is 0.165 e. The third-order valence-electron chi connectivity index (χ3n) is 5.08. The van der Waals surface area contributed by atoms with Crippen molar-refractivity contribution in [3.8, 4) is 5.75 Å². The summed E-state index contributed by atoms with van der Waals surface area (Å²) in [6.07, 6.45) is 3.08. The predicted octanol–water partition coefficient (Wildman–Crippen LogP) is 4.11. The van der Waals surface area contributed by atoms with E-state index in [1.54, 1.807) is 23.7 Å². The molecule has 8 heteroatoms. The first kappa shape index (κ1) is 18.2. The number of pyridine rings is 1. The van der Waals surface area contributed by atoms with Gasteiger partial charge in [-0.3, -0.25) is 0 Å².